The number of carbonyl (C=O) groups is 1. The van der Waals surface area contributed by atoms with Gasteiger partial charge in [-0.1, -0.05) is 0 Å². The van der Waals surface area contributed by atoms with Gasteiger partial charge in [0.15, 0.2) is 6.29 Å². The van der Waals surface area contributed by atoms with E-state index in [2.05, 4.69) is 4.98 Å². The molecule has 4 nitrogen and oxygen atoms in total. The molecule has 0 bridgehead atoms. The van der Waals surface area contributed by atoms with Crippen LogP contribution < -0.4 is 4.74 Å². The van der Waals surface area contributed by atoms with Gasteiger partial charge in [0.05, 0.1) is 11.6 Å². The molecular formula is C13H8N2O2. The minimum Gasteiger partial charge on any atom is -0.439 e. The second-order valence-electron chi connectivity index (χ2n) is 3.29. The van der Waals surface area contributed by atoms with Crippen molar-refractivity contribution in [3.63, 3.8) is 0 Å². The molecule has 0 radical (unpaired) electrons. The molecular weight excluding hydrogens is 216 g/mol. The summed E-state index contributed by atoms with van der Waals surface area (Å²) in [7, 11) is 0. The van der Waals surface area contributed by atoms with Crippen molar-refractivity contribution in [3.05, 3.63) is 53.7 Å². The fourth-order valence-electron chi connectivity index (χ4n) is 1.24. The van der Waals surface area contributed by atoms with E-state index in [1.54, 1.807) is 36.4 Å². The van der Waals surface area contributed by atoms with E-state index >= 15 is 0 Å². The Morgan fingerprint density at radius 3 is 2.47 bits per heavy atom. The van der Waals surface area contributed by atoms with Gasteiger partial charge in [-0.05, 0) is 30.3 Å². The maximum atomic E-state index is 10.4. The van der Waals surface area contributed by atoms with Crippen LogP contribution in [0.15, 0.2) is 42.6 Å². The average Bonchev–Trinajstić information content (AvgIpc) is 2.40. The lowest BCUT2D eigenvalue weighted by atomic mass is 10.2. The first kappa shape index (κ1) is 10.8. The lowest BCUT2D eigenvalue weighted by Gasteiger charge is -2.03. The molecule has 1 aromatic heterocycles. The van der Waals surface area contributed by atoms with Gasteiger partial charge in [-0.2, -0.15) is 5.26 Å². The molecule has 0 atom stereocenters. The maximum absolute atomic E-state index is 10.4. The summed E-state index contributed by atoms with van der Waals surface area (Å²) in [5, 5.41) is 8.64. The quantitative estimate of drug-likeness (QED) is 0.751. The molecule has 1 heterocycles. The molecule has 82 valence electrons. The highest BCUT2D eigenvalue weighted by atomic mass is 16.5. The van der Waals surface area contributed by atoms with Crippen molar-refractivity contribution in [3.8, 4) is 17.7 Å². The van der Waals surface area contributed by atoms with Crippen LogP contribution in [0.25, 0.3) is 0 Å². The third kappa shape index (κ3) is 2.67. The molecule has 2 rings (SSSR count). The van der Waals surface area contributed by atoms with Gasteiger partial charge >= 0.3 is 0 Å². The lowest BCUT2D eigenvalue weighted by Crippen LogP contribution is -1.89. The first-order valence-electron chi connectivity index (χ1n) is 4.91. The monoisotopic (exact) mass is 224 g/mol. The van der Waals surface area contributed by atoms with Gasteiger partial charge in [-0.15, -0.1) is 0 Å². The number of rotatable bonds is 3. The molecule has 0 spiro atoms. The van der Waals surface area contributed by atoms with Crippen LogP contribution >= 0.6 is 0 Å². The Morgan fingerprint density at radius 2 is 1.94 bits per heavy atom. The van der Waals surface area contributed by atoms with Crippen molar-refractivity contribution in [2.45, 2.75) is 0 Å². The number of nitrogens with zero attached hydrogens (tertiary/aromatic N) is 2. The van der Waals surface area contributed by atoms with Crippen LogP contribution in [-0.2, 0) is 0 Å². The summed E-state index contributed by atoms with van der Waals surface area (Å²) >= 11 is 0. The molecule has 0 aliphatic carbocycles. The normalized spacial score (nSPS) is 9.35. The van der Waals surface area contributed by atoms with Crippen molar-refractivity contribution < 1.29 is 9.53 Å². The average molecular weight is 224 g/mol. The Kier molecular flexibility index (Phi) is 3.13. The number of hydrogen-bond acceptors (Lipinski definition) is 4. The van der Waals surface area contributed by atoms with Crippen molar-refractivity contribution in [2.75, 3.05) is 0 Å². The fourth-order valence-corrected chi connectivity index (χ4v) is 1.24. The summed E-state index contributed by atoms with van der Waals surface area (Å²) in [4.78, 5) is 14.4. The SMILES string of the molecule is N#Cc1ccc(Oc2ccc(C=O)cn2)cc1. The first-order valence-corrected chi connectivity index (χ1v) is 4.91. The second kappa shape index (κ2) is 4.90. The summed E-state index contributed by atoms with van der Waals surface area (Å²) in [5.74, 6) is 0.996. The number of ether oxygens (including phenoxy) is 1. The minimum atomic E-state index is 0.403. The molecule has 4 heteroatoms. The van der Waals surface area contributed by atoms with Gasteiger partial charge in [0.1, 0.15) is 5.75 Å². The van der Waals surface area contributed by atoms with Crippen LogP contribution in [0.3, 0.4) is 0 Å². The Balaban J connectivity index is 2.14. The Morgan fingerprint density at radius 1 is 1.18 bits per heavy atom. The Labute approximate surface area is 98.1 Å². The summed E-state index contributed by atoms with van der Waals surface area (Å²) in [6.07, 6.45) is 2.16. The molecule has 0 saturated heterocycles. The number of nitriles is 1. The third-order valence-corrected chi connectivity index (χ3v) is 2.10. The van der Waals surface area contributed by atoms with E-state index in [1.807, 2.05) is 6.07 Å². The number of aromatic nitrogens is 1. The molecule has 0 N–H and O–H groups in total. The first-order chi connectivity index (χ1) is 8.31. The number of aldehydes is 1. The predicted octanol–water partition coefficient (Wildman–Crippen LogP) is 2.56. The lowest BCUT2D eigenvalue weighted by molar-refractivity contribution is 0.112. The summed E-state index contributed by atoms with van der Waals surface area (Å²) in [6, 6.07) is 12.0. The van der Waals surface area contributed by atoms with Crippen LogP contribution in [-0.4, -0.2) is 11.3 Å². The molecule has 0 amide bonds. The standard InChI is InChI=1S/C13H8N2O2/c14-7-10-1-4-12(5-2-10)17-13-6-3-11(9-16)8-15-13/h1-6,8-9H. The smallest absolute Gasteiger partial charge is 0.219 e. The van der Waals surface area contributed by atoms with Gasteiger partial charge in [0.2, 0.25) is 5.88 Å². The predicted molar refractivity (Wildman–Crippen MR) is 60.9 cm³/mol. The number of benzene rings is 1. The molecule has 17 heavy (non-hydrogen) atoms. The van der Waals surface area contributed by atoms with Crippen molar-refractivity contribution in [1.82, 2.24) is 4.98 Å². The van der Waals surface area contributed by atoms with Crippen molar-refractivity contribution >= 4 is 6.29 Å². The van der Waals surface area contributed by atoms with Crippen LogP contribution in [0.4, 0.5) is 0 Å². The molecule has 2 aromatic rings. The van der Waals surface area contributed by atoms with Crippen LogP contribution in [0.1, 0.15) is 15.9 Å². The molecule has 0 fully saturated rings. The highest BCUT2D eigenvalue weighted by Gasteiger charge is 1.99. The highest BCUT2D eigenvalue weighted by molar-refractivity contribution is 5.74. The summed E-state index contributed by atoms with van der Waals surface area (Å²) in [5.41, 5.74) is 1.07. The topological polar surface area (TPSA) is 63.0 Å². The maximum Gasteiger partial charge on any atom is 0.219 e. The Bertz CT molecular complexity index is 553. The molecule has 0 unspecified atom stereocenters. The second-order valence-corrected chi connectivity index (χ2v) is 3.29. The number of hydrogen-bond donors (Lipinski definition) is 0. The van der Waals surface area contributed by atoms with Gasteiger partial charge in [0.25, 0.3) is 0 Å². The zero-order valence-corrected chi connectivity index (χ0v) is 8.83. The van der Waals surface area contributed by atoms with Crippen molar-refractivity contribution in [1.29, 1.82) is 5.26 Å². The highest BCUT2D eigenvalue weighted by Crippen LogP contribution is 2.19. The van der Waals surface area contributed by atoms with Gasteiger partial charge in [-0.25, -0.2) is 4.98 Å². The number of pyridine rings is 1. The van der Waals surface area contributed by atoms with Crippen molar-refractivity contribution in [2.24, 2.45) is 0 Å². The largest absolute Gasteiger partial charge is 0.439 e. The van der Waals surface area contributed by atoms with Gasteiger partial charge < -0.3 is 4.74 Å². The van der Waals surface area contributed by atoms with E-state index in [-0.39, 0.29) is 0 Å². The van der Waals surface area contributed by atoms with E-state index in [4.69, 9.17) is 10.00 Å². The molecule has 0 saturated carbocycles. The van der Waals surface area contributed by atoms with E-state index in [0.29, 0.717) is 22.8 Å². The van der Waals surface area contributed by atoms with E-state index in [0.717, 1.165) is 6.29 Å². The third-order valence-electron chi connectivity index (χ3n) is 2.10. The molecule has 0 aliphatic rings. The minimum absolute atomic E-state index is 0.403. The zero-order chi connectivity index (χ0) is 12.1. The van der Waals surface area contributed by atoms with E-state index in [9.17, 15) is 4.79 Å². The summed E-state index contributed by atoms with van der Waals surface area (Å²) in [6.45, 7) is 0. The Hall–Kier alpha value is -2.67. The van der Waals surface area contributed by atoms with Crippen LogP contribution in [0.2, 0.25) is 0 Å². The van der Waals surface area contributed by atoms with Gasteiger partial charge in [-0.3, -0.25) is 4.79 Å². The van der Waals surface area contributed by atoms with Crippen LogP contribution in [0.5, 0.6) is 11.6 Å². The van der Waals surface area contributed by atoms with E-state index < -0.39 is 0 Å². The van der Waals surface area contributed by atoms with E-state index in [1.165, 1.54) is 6.20 Å². The van der Waals surface area contributed by atoms with Gasteiger partial charge in [0, 0.05) is 17.8 Å². The molecule has 0 aliphatic heterocycles. The molecule has 1 aromatic carbocycles. The number of carbonyl (C=O) groups excluding carboxylic acids is 1. The van der Waals surface area contributed by atoms with Crippen LogP contribution in [0, 0.1) is 11.3 Å². The summed E-state index contributed by atoms with van der Waals surface area (Å²) < 4.78 is 5.44. The zero-order valence-electron chi connectivity index (χ0n) is 8.83. The fraction of sp³-hybridized carbons (Fsp3) is 0.